The molecule has 2 aliphatic rings. The minimum Gasteiger partial charge on any atom is -0.378 e. The molecule has 1 aromatic heterocycles. The van der Waals surface area contributed by atoms with Gasteiger partial charge in [-0.05, 0) is 13.0 Å². The van der Waals surface area contributed by atoms with Gasteiger partial charge in [0.2, 0.25) is 5.95 Å². The molecule has 4 rings (SSSR count). The lowest BCUT2D eigenvalue weighted by atomic mass is 10.2. The first-order chi connectivity index (χ1) is 13.6. The third-order valence-corrected chi connectivity index (χ3v) is 5.23. The number of hydrogen-bond acceptors (Lipinski definition) is 6. The van der Waals surface area contributed by atoms with E-state index < -0.39 is 11.6 Å². The van der Waals surface area contributed by atoms with Gasteiger partial charge in [-0.2, -0.15) is 4.98 Å². The summed E-state index contributed by atoms with van der Waals surface area (Å²) in [6.07, 6.45) is 0. The number of nitrogens with zero attached hydrogens (tertiary/aromatic N) is 5. The largest absolute Gasteiger partial charge is 0.378 e. The van der Waals surface area contributed by atoms with Crippen molar-refractivity contribution in [2.24, 2.45) is 0 Å². The molecule has 0 saturated carbocycles. The molecule has 2 saturated heterocycles. The summed E-state index contributed by atoms with van der Waals surface area (Å²) in [6, 6.07) is 5.79. The topological polar surface area (TPSA) is 44.7 Å². The van der Waals surface area contributed by atoms with Crippen LogP contribution in [-0.2, 0) is 11.3 Å². The molecule has 8 heteroatoms. The fraction of sp³-hybridized carbons (Fsp3) is 0.500. The number of rotatable bonds is 4. The minimum atomic E-state index is -0.543. The molecule has 150 valence electrons. The number of ether oxygens (including phenoxy) is 1. The summed E-state index contributed by atoms with van der Waals surface area (Å²) in [5.41, 5.74) is 1.47. The van der Waals surface area contributed by atoms with E-state index in [1.807, 2.05) is 13.0 Å². The zero-order chi connectivity index (χ0) is 19.5. The zero-order valence-corrected chi connectivity index (χ0v) is 16.1. The minimum absolute atomic E-state index is 0.480. The van der Waals surface area contributed by atoms with E-state index in [0.717, 1.165) is 76.0 Å². The van der Waals surface area contributed by atoms with Crippen LogP contribution in [0.4, 0.5) is 20.5 Å². The van der Waals surface area contributed by atoms with Gasteiger partial charge in [-0.3, -0.25) is 4.90 Å². The first-order valence-electron chi connectivity index (χ1n) is 9.68. The van der Waals surface area contributed by atoms with Crippen molar-refractivity contribution in [1.82, 2.24) is 14.9 Å². The second kappa shape index (κ2) is 8.36. The average Bonchev–Trinajstić information content (AvgIpc) is 2.71. The van der Waals surface area contributed by atoms with E-state index in [0.29, 0.717) is 12.1 Å². The third-order valence-electron chi connectivity index (χ3n) is 5.23. The van der Waals surface area contributed by atoms with Gasteiger partial charge in [0.25, 0.3) is 0 Å². The van der Waals surface area contributed by atoms with Crippen LogP contribution in [0.3, 0.4) is 0 Å². The predicted molar refractivity (Wildman–Crippen MR) is 104 cm³/mol. The number of anilines is 2. The highest BCUT2D eigenvalue weighted by atomic mass is 19.1. The smallest absolute Gasteiger partial charge is 0.227 e. The first-order valence-corrected chi connectivity index (χ1v) is 9.68. The molecular formula is C20H25F2N5O. The van der Waals surface area contributed by atoms with Gasteiger partial charge in [0.15, 0.2) is 0 Å². The summed E-state index contributed by atoms with van der Waals surface area (Å²) < 4.78 is 32.4. The monoisotopic (exact) mass is 389 g/mol. The van der Waals surface area contributed by atoms with Gasteiger partial charge in [0.1, 0.15) is 17.5 Å². The molecule has 1 aromatic carbocycles. The number of halogens is 2. The molecule has 2 aromatic rings. The molecule has 28 heavy (non-hydrogen) atoms. The van der Waals surface area contributed by atoms with Crippen molar-refractivity contribution in [1.29, 1.82) is 0 Å². The second-order valence-corrected chi connectivity index (χ2v) is 7.27. The van der Waals surface area contributed by atoms with Crippen molar-refractivity contribution in [3.05, 3.63) is 47.2 Å². The van der Waals surface area contributed by atoms with Crippen LogP contribution < -0.4 is 9.80 Å². The lowest BCUT2D eigenvalue weighted by molar-refractivity contribution is 0.122. The van der Waals surface area contributed by atoms with Crippen molar-refractivity contribution in [2.45, 2.75) is 13.5 Å². The highest BCUT2D eigenvalue weighted by Gasteiger charge is 2.22. The molecule has 0 aliphatic carbocycles. The number of aromatic nitrogens is 2. The van der Waals surface area contributed by atoms with Crippen molar-refractivity contribution >= 4 is 11.8 Å². The molecule has 2 aliphatic heterocycles. The van der Waals surface area contributed by atoms with E-state index >= 15 is 0 Å². The number of aryl methyl sites for hydroxylation is 1. The van der Waals surface area contributed by atoms with E-state index in [1.165, 1.54) is 12.1 Å². The van der Waals surface area contributed by atoms with E-state index in [1.54, 1.807) is 0 Å². The molecule has 0 spiro atoms. The first kappa shape index (κ1) is 19.0. The lowest BCUT2D eigenvalue weighted by Crippen LogP contribution is -2.47. The van der Waals surface area contributed by atoms with Crippen LogP contribution in [0.2, 0.25) is 0 Å². The van der Waals surface area contributed by atoms with Crippen LogP contribution in [-0.4, -0.2) is 67.4 Å². The van der Waals surface area contributed by atoms with E-state index in [4.69, 9.17) is 9.72 Å². The van der Waals surface area contributed by atoms with Crippen LogP contribution in [0, 0.1) is 18.6 Å². The molecule has 0 bridgehead atoms. The number of hydrogen-bond donors (Lipinski definition) is 0. The van der Waals surface area contributed by atoms with Gasteiger partial charge in [-0.25, -0.2) is 13.8 Å². The van der Waals surface area contributed by atoms with Gasteiger partial charge in [-0.15, -0.1) is 0 Å². The lowest BCUT2D eigenvalue weighted by Gasteiger charge is -2.35. The van der Waals surface area contributed by atoms with Crippen molar-refractivity contribution in [3.8, 4) is 0 Å². The SMILES string of the molecule is Cc1cc(N2CCOCC2)nc(N2CCN(Cc3ccc(F)cc3F)CC2)n1. The van der Waals surface area contributed by atoms with Crippen LogP contribution in [0.5, 0.6) is 0 Å². The van der Waals surface area contributed by atoms with Gasteiger partial charge >= 0.3 is 0 Å². The maximum Gasteiger partial charge on any atom is 0.227 e. The predicted octanol–water partition coefficient (Wildman–Crippen LogP) is 2.22. The van der Waals surface area contributed by atoms with E-state index in [2.05, 4.69) is 19.7 Å². The average molecular weight is 389 g/mol. The molecule has 0 amide bonds. The van der Waals surface area contributed by atoms with Crippen LogP contribution in [0.25, 0.3) is 0 Å². The summed E-state index contributed by atoms with van der Waals surface area (Å²) in [5, 5.41) is 0. The Bertz CT molecular complexity index is 820. The van der Waals surface area contributed by atoms with E-state index in [-0.39, 0.29) is 0 Å². The number of benzene rings is 1. The fourth-order valence-electron chi connectivity index (χ4n) is 3.63. The Balaban J connectivity index is 1.40. The highest BCUT2D eigenvalue weighted by molar-refractivity contribution is 5.46. The van der Waals surface area contributed by atoms with Gasteiger partial charge in [0, 0.05) is 69.2 Å². The number of piperazine rings is 1. The molecule has 0 atom stereocenters. The van der Waals surface area contributed by atoms with Crippen LogP contribution >= 0.6 is 0 Å². The summed E-state index contributed by atoms with van der Waals surface area (Å²) in [4.78, 5) is 16.0. The summed E-state index contributed by atoms with van der Waals surface area (Å²) >= 11 is 0. The maximum absolute atomic E-state index is 13.9. The second-order valence-electron chi connectivity index (χ2n) is 7.27. The van der Waals surface area contributed by atoms with Crippen LogP contribution in [0.1, 0.15) is 11.3 Å². The number of morpholine rings is 1. The summed E-state index contributed by atoms with van der Waals surface area (Å²) in [6.45, 7) is 8.69. The molecule has 2 fully saturated rings. The maximum atomic E-state index is 13.9. The van der Waals surface area contributed by atoms with Crippen LogP contribution in [0.15, 0.2) is 24.3 Å². The Morgan fingerprint density at radius 2 is 1.68 bits per heavy atom. The molecule has 0 radical (unpaired) electrons. The molecule has 3 heterocycles. The standard InChI is InChI=1S/C20H25F2N5O/c1-15-12-19(26-8-10-28-11-9-26)24-20(23-15)27-6-4-25(5-7-27)14-16-2-3-17(21)13-18(16)22/h2-3,12-13H,4-11,14H2,1H3. The fourth-order valence-corrected chi connectivity index (χ4v) is 3.63. The summed E-state index contributed by atoms with van der Waals surface area (Å²) in [5.74, 6) is 0.661. The molecule has 6 nitrogen and oxygen atoms in total. The van der Waals surface area contributed by atoms with Gasteiger partial charge in [-0.1, -0.05) is 6.07 Å². The van der Waals surface area contributed by atoms with Crippen molar-refractivity contribution < 1.29 is 13.5 Å². The Hall–Kier alpha value is -2.32. The van der Waals surface area contributed by atoms with Crippen molar-refractivity contribution in [3.63, 3.8) is 0 Å². The Kier molecular flexibility index (Phi) is 5.68. The van der Waals surface area contributed by atoms with E-state index in [9.17, 15) is 8.78 Å². The Labute approximate surface area is 163 Å². The van der Waals surface area contributed by atoms with Gasteiger partial charge in [0.05, 0.1) is 13.2 Å². The molecule has 0 unspecified atom stereocenters. The Morgan fingerprint density at radius 3 is 2.39 bits per heavy atom. The van der Waals surface area contributed by atoms with Gasteiger partial charge < -0.3 is 14.5 Å². The zero-order valence-electron chi connectivity index (χ0n) is 16.1. The van der Waals surface area contributed by atoms with Crippen molar-refractivity contribution in [2.75, 3.05) is 62.3 Å². The quantitative estimate of drug-likeness (QED) is 0.799. The third kappa shape index (κ3) is 4.39. The Morgan fingerprint density at radius 1 is 0.929 bits per heavy atom. The highest BCUT2D eigenvalue weighted by Crippen LogP contribution is 2.20. The molecular weight excluding hydrogens is 364 g/mol. The normalized spacial score (nSPS) is 18.5. The molecule has 0 N–H and O–H groups in total. The summed E-state index contributed by atoms with van der Waals surface area (Å²) in [7, 11) is 0.